The number of rotatable bonds is 3. The number of nitrogens with one attached hydrogen (secondary N) is 2. The average Bonchev–Trinajstić information content (AvgIpc) is 2.48. The van der Waals surface area contributed by atoms with E-state index in [-0.39, 0.29) is 5.56 Å². The van der Waals surface area contributed by atoms with Crippen LogP contribution >= 0.6 is 0 Å². The molecule has 0 radical (unpaired) electrons. The predicted octanol–water partition coefficient (Wildman–Crippen LogP) is 2.64. The highest BCUT2D eigenvalue weighted by atomic mass is 19.2. The number of carbonyl (C=O) groups excluding carboxylic acids is 1. The van der Waals surface area contributed by atoms with Crippen LogP contribution in [0.5, 0.6) is 0 Å². The first-order valence-corrected chi connectivity index (χ1v) is 5.54. The first kappa shape index (κ1) is 13.9. The lowest BCUT2D eigenvalue weighted by Crippen LogP contribution is -2.14. The van der Waals surface area contributed by atoms with E-state index in [9.17, 15) is 18.0 Å². The third-order valence-electron chi connectivity index (χ3n) is 2.60. The average molecular weight is 281 g/mol. The van der Waals surface area contributed by atoms with Crippen LogP contribution in [0.4, 0.5) is 24.5 Å². The van der Waals surface area contributed by atoms with E-state index in [1.165, 1.54) is 24.3 Å². The summed E-state index contributed by atoms with van der Waals surface area (Å²) in [7, 11) is 0. The summed E-state index contributed by atoms with van der Waals surface area (Å²) in [6.07, 6.45) is 0. The van der Waals surface area contributed by atoms with Crippen molar-refractivity contribution in [3.05, 3.63) is 59.4 Å². The molecule has 104 valence electrons. The largest absolute Gasteiger partial charge is 0.324 e. The van der Waals surface area contributed by atoms with Crippen LogP contribution in [-0.4, -0.2) is 5.91 Å². The summed E-state index contributed by atoms with van der Waals surface area (Å²) in [6, 6.07) is 7.65. The van der Waals surface area contributed by atoms with Gasteiger partial charge in [0.25, 0.3) is 5.91 Å². The van der Waals surface area contributed by atoms with Crippen LogP contribution in [0.2, 0.25) is 0 Å². The number of nitrogen functional groups attached to an aromatic ring is 1. The molecule has 0 bridgehead atoms. The summed E-state index contributed by atoms with van der Waals surface area (Å²) >= 11 is 0. The van der Waals surface area contributed by atoms with E-state index >= 15 is 0 Å². The van der Waals surface area contributed by atoms with Gasteiger partial charge in [-0.1, -0.05) is 0 Å². The lowest BCUT2D eigenvalue weighted by Gasteiger charge is -2.08. The minimum atomic E-state index is -1.63. The fraction of sp³-hybridized carbons (Fsp3) is 0. The van der Waals surface area contributed by atoms with Gasteiger partial charge in [-0.15, -0.1) is 0 Å². The van der Waals surface area contributed by atoms with Gasteiger partial charge in [-0.05, 0) is 36.4 Å². The molecule has 2 rings (SSSR count). The van der Waals surface area contributed by atoms with Crippen LogP contribution in [0.25, 0.3) is 0 Å². The molecule has 0 spiro atoms. The van der Waals surface area contributed by atoms with Crippen LogP contribution in [0.15, 0.2) is 36.4 Å². The van der Waals surface area contributed by atoms with Crippen molar-refractivity contribution < 1.29 is 18.0 Å². The Morgan fingerprint density at radius 3 is 2.20 bits per heavy atom. The van der Waals surface area contributed by atoms with Crippen LogP contribution < -0.4 is 16.6 Å². The molecule has 0 unspecified atom stereocenters. The van der Waals surface area contributed by atoms with E-state index in [1.807, 2.05) is 0 Å². The number of halogens is 3. The van der Waals surface area contributed by atoms with Crippen LogP contribution in [0.3, 0.4) is 0 Å². The molecule has 0 aromatic heterocycles. The fourth-order valence-electron chi connectivity index (χ4n) is 1.53. The maximum atomic E-state index is 13.4. The highest BCUT2D eigenvalue weighted by Gasteiger charge is 2.15. The topological polar surface area (TPSA) is 67.1 Å². The number of nitrogens with two attached hydrogens (primary N) is 1. The highest BCUT2D eigenvalue weighted by Crippen LogP contribution is 2.20. The van der Waals surface area contributed by atoms with Gasteiger partial charge >= 0.3 is 0 Å². The highest BCUT2D eigenvalue weighted by molar-refractivity contribution is 6.04. The van der Waals surface area contributed by atoms with E-state index in [1.54, 1.807) is 0 Å². The third-order valence-corrected chi connectivity index (χ3v) is 2.60. The zero-order valence-corrected chi connectivity index (χ0v) is 10.1. The van der Waals surface area contributed by atoms with Crippen molar-refractivity contribution in [2.24, 2.45) is 5.84 Å². The summed E-state index contributed by atoms with van der Waals surface area (Å²) in [4.78, 5) is 11.8. The lowest BCUT2D eigenvalue weighted by atomic mass is 10.2. The molecular formula is C13H10F3N3O. The van der Waals surface area contributed by atoms with Crippen LogP contribution in [0, 0.1) is 17.5 Å². The Hall–Kier alpha value is -2.54. The monoisotopic (exact) mass is 281 g/mol. The molecule has 4 N–H and O–H groups in total. The molecule has 1 amide bonds. The van der Waals surface area contributed by atoms with Crippen molar-refractivity contribution in [1.82, 2.24) is 0 Å². The first-order chi connectivity index (χ1) is 9.52. The van der Waals surface area contributed by atoms with Crippen molar-refractivity contribution in [2.75, 3.05) is 10.7 Å². The SMILES string of the molecule is NNc1ccc(C(=O)Nc2ccc(F)c(F)c2F)cc1. The Kier molecular flexibility index (Phi) is 3.90. The summed E-state index contributed by atoms with van der Waals surface area (Å²) in [5, 5.41) is 2.16. The number of anilines is 2. The lowest BCUT2D eigenvalue weighted by molar-refractivity contribution is 0.102. The normalized spacial score (nSPS) is 10.2. The molecule has 0 atom stereocenters. The molecule has 7 heteroatoms. The summed E-state index contributed by atoms with van der Waals surface area (Å²) < 4.78 is 39.2. The Morgan fingerprint density at radius 1 is 0.950 bits per heavy atom. The standard InChI is InChI=1S/C13H10F3N3O/c14-9-5-6-10(12(16)11(9)15)18-13(20)7-1-3-8(19-17)4-2-7/h1-6,19H,17H2,(H,18,20). The zero-order chi connectivity index (χ0) is 14.7. The van der Waals surface area contributed by atoms with Crippen LogP contribution in [0.1, 0.15) is 10.4 Å². The van der Waals surface area contributed by atoms with Gasteiger partial charge in [0, 0.05) is 11.3 Å². The third kappa shape index (κ3) is 2.72. The van der Waals surface area contributed by atoms with Gasteiger partial charge in [-0.3, -0.25) is 10.6 Å². The molecule has 0 fully saturated rings. The number of benzene rings is 2. The molecule has 0 aliphatic heterocycles. The number of carbonyl (C=O) groups is 1. The molecule has 0 saturated heterocycles. The van der Waals surface area contributed by atoms with Crippen molar-refractivity contribution in [1.29, 1.82) is 0 Å². The van der Waals surface area contributed by atoms with Crippen molar-refractivity contribution in [3.63, 3.8) is 0 Å². The quantitative estimate of drug-likeness (QED) is 0.460. The van der Waals surface area contributed by atoms with E-state index in [0.717, 1.165) is 12.1 Å². The van der Waals surface area contributed by atoms with Gasteiger partial charge in [0.2, 0.25) is 0 Å². The molecule has 0 aliphatic rings. The second kappa shape index (κ2) is 5.62. The predicted molar refractivity (Wildman–Crippen MR) is 68.5 cm³/mol. The smallest absolute Gasteiger partial charge is 0.255 e. The summed E-state index contributed by atoms with van der Waals surface area (Å²) in [5.74, 6) is 0.119. The van der Waals surface area contributed by atoms with E-state index in [4.69, 9.17) is 5.84 Å². The number of amides is 1. The Bertz CT molecular complexity index is 644. The molecule has 4 nitrogen and oxygen atoms in total. The molecular weight excluding hydrogens is 271 g/mol. The van der Waals surface area contributed by atoms with Crippen molar-refractivity contribution in [3.8, 4) is 0 Å². The molecule has 0 aliphatic carbocycles. The molecule has 2 aromatic carbocycles. The number of hydrogen-bond acceptors (Lipinski definition) is 3. The second-order valence-electron chi connectivity index (χ2n) is 3.90. The van der Waals surface area contributed by atoms with Gasteiger partial charge in [-0.2, -0.15) is 0 Å². The van der Waals surface area contributed by atoms with Gasteiger partial charge in [0.1, 0.15) is 0 Å². The van der Waals surface area contributed by atoms with Gasteiger partial charge < -0.3 is 10.7 Å². The number of hydrazine groups is 1. The zero-order valence-electron chi connectivity index (χ0n) is 10.1. The van der Waals surface area contributed by atoms with Crippen molar-refractivity contribution >= 4 is 17.3 Å². The minimum Gasteiger partial charge on any atom is -0.324 e. The maximum absolute atomic E-state index is 13.4. The fourth-order valence-corrected chi connectivity index (χ4v) is 1.53. The Morgan fingerprint density at radius 2 is 1.60 bits per heavy atom. The molecule has 0 heterocycles. The summed E-state index contributed by atoms with van der Waals surface area (Å²) in [6.45, 7) is 0. The second-order valence-corrected chi connectivity index (χ2v) is 3.90. The first-order valence-electron chi connectivity index (χ1n) is 5.54. The van der Waals surface area contributed by atoms with E-state index in [2.05, 4.69) is 10.7 Å². The number of hydrogen-bond donors (Lipinski definition) is 3. The Labute approximate surface area is 112 Å². The van der Waals surface area contributed by atoms with E-state index in [0.29, 0.717) is 5.69 Å². The van der Waals surface area contributed by atoms with Gasteiger partial charge in [0.05, 0.1) is 5.69 Å². The Balaban J connectivity index is 2.21. The van der Waals surface area contributed by atoms with E-state index < -0.39 is 29.0 Å². The molecule has 2 aromatic rings. The summed E-state index contributed by atoms with van der Waals surface area (Å²) in [5.41, 5.74) is 2.75. The minimum absolute atomic E-state index is 0.216. The molecule has 0 saturated carbocycles. The van der Waals surface area contributed by atoms with Gasteiger partial charge in [-0.25, -0.2) is 13.2 Å². The van der Waals surface area contributed by atoms with Crippen LogP contribution in [-0.2, 0) is 0 Å². The van der Waals surface area contributed by atoms with Crippen molar-refractivity contribution in [2.45, 2.75) is 0 Å². The maximum Gasteiger partial charge on any atom is 0.255 e. The van der Waals surface area contributed by atoms with Gasteiger partial charge in [0.15, 0.2) is 17.5 Å². The molecule has 20 heavy (non-hydrogen) atoms.